The largest absolute Gasteiger partial charge is 0.486 e. The number of ether oxygens (including phenoxy) is 2. The van der Waals surface area contributed by atoms with Crippen molar-refractivity contribution in [3.63, 3.8) is 0 Å². The summed E-state index contributed by atoms with van der Waals surface area (Å²) in [6, 6.07) is 10.3. The van der Waals surface area contributed by atoms with Crippen LogP contribution in [0.3, 0.4) is 0 Å². The molecule has 1 aliphatic heterocycles. The molecule has 0 saturated heterocycles. The molecule has 3 N–H and O–H groups in total. The fourth-order valence-electron chi connectivity index (χ4n) is 3.45. The van der Waals surface area contributed by atoms with Gasteiger partial charge in [-0.05, 0) is 66.6 Å². The van der Waals surface area contributed by atoms with E-state index < -0.39 is 0 Å². The molecule has 0 spiro atoms. The molecule has 2 aliphatic rings. The van der Waals surface area contributed by atoms with Crippen LogP contribution in [0.4, 0.5) is 5.69 Å². The molecular formula is C20H22ClN3O2. The van der Waals surface area contributed by atoms with Gasteiger partial charge in [-0.2, -0.15) is 0 Å². The molecule has 0 unspecified atom stereocenters. The van der Waals surface area contributed by atoms with Crippen molar-refractivity contribution in [1.82, 2.24) is 0 Å². The van der Waals surface area contributed by atoms with Crippen LogP contribution >= 0.6 is 11.6 Å². The first kappa shape index (κ1) is 17.0. The Kier molecular flexibility index (Phi) is 4.89. The quantitative estimate of drug-likeness (QED) is 0.636. The maximum absolute atomic E-state index is 6.26. The van der Waals surface area contributed by atoms with Crippen molar-refractivity contribution in [2.45, 2.75) is 25.7 Å². The zero-order chi connectivity index (χ0) is 17.9. The summed E-state index contributed by atoms with van der Waals surface area (Å²) in [5, 5.41) is 3.75. The van der Waals surface area contributed by atoms with Gasteiger partial charge in [0.2, 0.25) is 0 Å². The standard InChI is InChI=1S/C20H22ClN3O2/c21-17-10-13(11-18-19(17)26-9-8-25-18)6-7-23-20(22)24-16-5-4-14-2-1-3-15(14)12-16/h4-5,10-12H,1-3,6-9H2,(H3,22,23,24). The number of anilines is 1. The number of halogens is 1. The average Bonchev–Trinajstić information content (AvgIpc) is 3.09. The van der Waals surface area contributed by atoms with Crippen molar-refractivity contribution in [3.8, 4) is 11.5 Å². The summed E-state index contributed by atoms with van der Waals surface area (Å²) in [7, 11) is 0. The van der Waals surface area contributed by atoms with Crippen molar-refractivity contribution in [3.05, 3.63) is 52.0 Å². The molecule has 0 radical (unpaired) electrons. The van der Waals surface area contributed by atoms with E-state index in [0.29, 0.717) is 42.2 Å². The maximum atomic E-state index is 6.26. The zero-order valence-corrected chi connectivity index (χ0v) is 15.3. The number of hydrogen-bond acceptors (Lipinski definition) is 3. The number of fused-ring (bicyclic) bond motifs is 2. The van der Waals surface area contributed by atoms with E-state index in [1.54, 1.807) is 0 Å². The number of aryl methyl sites for hydroxylation is 2. The summed E-state index contributed by atoms with van der Waals surface area (Å²) in [6.07, 6.45) is 4.29. The van der Waals surface area contributed by atoms with E-state index in [9.17, 15) is 0 Å². The van der Waals surface area contributed by atoms with E-state index in [1.165, 1.54) is 24.0 Å². The Labute approximate surface area is 158 Å². The van der Waals surface area contributed by atoms with Gasteiger partial charge in [-0.1, -0.05) is 17.7 Å². The summed E-state index contributed by atoms with van der Waals surface area (Å²) in [5.74, 6) is 1.75. The van der Waals surface area contributed by atoms with Gasteiger partial charge in [0, 0.05) is 12.2 Å². The van der Waals surface area contributed by atoms with Crippen LogP contribution < -0.4 is 20.5 Å². The smallest absolute Gasteiger partial charge is 0.193 e. The summed E-state index contributed by atoms with van der Waals surface area (Å²) >= 11 is 6.26. The highest BCUT2D eigenvalue weighted by Gasteiger charge is 2.16. The first-order chi connectivity index (χ1) is 12.7. The molecule has 5 nitrogen and oxygen atoms in total. The molecule has 2 aromatic rings. The van der Waals surface area contributed by atoms with Gasteiger partial charge < -0.3 is 20.5 Å². The van der Waals surface area contributed by atoms with E-state index in [2.05, 4.69) is 28.5 Å². The Bertz CT molecular complexity index is 851. The minimum absolute atomic E-state index is 0.423. The molecule has 0 bridgehead atoms. The Morgan fingerprint density at radius 1 is 1.12 bits per heavy atom. The molecule has 0 atom stereocenters. The Balaban J connectivity index is 1.37. The van der Waals surface area contributed by atoms with Gasteiger partial charge in [0.25, 0.3) is 0 Å². The third-order valence-electron chi connectivity index (χ3n) is 4.71. The van der Waals surface area contributed by atoms with Crippen LogP contribution in [-0.4, -0.2) is 25.7 Å². The normalized spacial score (nSPS) is 15.7. The SMILES string of the molecule is NC(=NCCc1cc(Cl)c2c(c1)OCCO2)Nc1ccc2c(c1)CCC2. The topological polar surface area (TPSA) is 68.9 Å². The maximum Gasteiger partial charge on any atom is 0.193 e. The number of rotatable bonds is 4. The van der Waals surface area contributed by atoms with Crippen LogP contribution in [0.1, 0.15) is 23.1 Å². The highest BCUT2D eigenvalue weighted by atomic mass is 35.5. The van der Waals surface area contributed by atoms with E-state index in [0.717, 1.165) is 24.1 Å². The Morgan fingerprint density at radius 2 is 1.96 bits per heavy atom. The fourth-order valence-corrected chi connectivity index (χ4v) is 3.74. The molecule has 4 rings (SSSR count). The molecule has 136 valence electrons. The van der Waals surface area contributed by atoms with E-state index >= 15 is 0 Å². The zero-order valence-electron chi connectivity index (χ0n) is 14.6. The van der Waals surface area contributed by atoms with Crippen LogP contribution in [0.15, 0.2) is 35.3 Å². The number of nitrogens with zero attached hydrogens (tertiary/aromatic N) is 1. The summed E-state index contributed by atoms with van der Waals surface area (Å²) < 4.78 is 11.1. The van der Waals surface area contributed by atoms with Crippen LogP contribution in [0.5, 0.6) is 11.5 Å². The van der Waals surface area contributed by atoms with Gasteiger partial charge in [0.05, 0.1) is 5.02 Å². The molecule has 6 heteroatoms. The van der Waals surface area contributed by atoms with Gasteiger partial charge in [-0.15, -0.1) is 0 Å². The monoisotopic (exact) mass is 371 g/mol. The Morgan fingerprint density at radius 3 is 2.88 bits per heavy atom. The minimum Gasteiger partial charge on any atom is -0.486 e. The van der Waals surface area contributed by atoms with Gasteiger partial charge in [-0.3, -0.25) is 4.99 Å². The number of nitrogens with one attached hydrogen (secondary N) is 1. The van der Waals surface area contributed by atoms with Crippen molar-refractivity contribution in [2.75, 3.05) is 25.1 Å². The predicted molar refractivity (Wildman–Crippen MR) is 105 cm³/mol. The molecule has 0 amide bonds. The van der Waals surface area contributed by atoms with Gasteiger partial charge in [0.15, 0.2) is 17.5 Å². The highest BCUT2D eigenvalue weighted by molar-refractivity contribution is 6.32. The number of benzene rings is 2. The lowest BCUT2D eigenvalue weighted by Crippen LogP contribution is -2.23. The number of hydrogen-bond donors (Lipinski definition) is 2. The number of aliphatic imine (C=N–C) groups is 1. The van der Waals surface area contributed by atoms with Gasteiger partial charge in [0.1, 0.15) is 13.2 Å². The van der Waals surface area contributed by atoms with Crippen LogP contribution in [-0.2, 0) is 19.3 Å². The van der Waals surface area contributed by atoms with E-state index in [4.69, 9.17) is 26.8 Å². The molecule has 2 aromatic carbocycles. The Hall–Kier alpha value is -2.40. The van der Waals surface area contributed by atoms with E-state index in [1.807, 2.05) is 12.1 Å². The second kappa shape index (κ2) is 7.46. The summed E-state index contributed by atoms with van der Waals surface area (Å²) in [6.45, 7) is 1.64. The van der Waals surface area contributed by atoms with Crippen molar-refractivity contribution in [2.24, 2.45) is 10.7 Å². The minimum atomic E-state index is 0.423. The van der Waals surface area contributed by atoms with Crippen LogP contribution in [0.25, 0.3) is 0 Å². The predicted octanol–water partition coefficient (Wildman–Crippen LogP) is 3.57. The molecule has 1 heterocycles. The lowest BCUT2D eigenvalue weighted by Gasteiger charge is -2.20. The molecule has 0 fully saturated rings. The first-order valence-corrected chi connectivity index (χ1v) is 9.33. The van der Waals surface area contributed by atoms with Crippen LogP contribution in [0, 0.1) is 0 Å². The van der Waals surface area contributed by atoms with E-state index in [-0.39, 0.29) is 0 Å². The number of nitrogens with two attached hydrogens (primary N) is 1. The van der Waals surface area contributed by atoms with Crippen LogP contribution in [0.2, 0.25) is 5.02 Å². The first-order valence-electron chi connectivity index (χ1n) is 8.96. The van der Waals surface area contributed by atoms with Crippen molar-refractivity contribution >= 4 is 23.2 Å². The van der Waals surface area contributed by atoms with Gasteiger partial charge >= 0.3 is 0 Å². The average molecular weight is 372 g/mol. The second-order valence-electron chi connectivity index (χ2n) is 6.58. The molecule has 26 heavy (non-hydrogen) atoms. The molecule has 1 aliphatic carbocycles. The number of guanidine groups is 1. The third-order valence-corrected chi connectivity index (χ3v) is 4.99. The van der Waals surface area contributed by atoms with Gasteiger partial charge in [-0.25, -0.2) is 0 Å². The molecular weight excluding hydrogens is 350 g/mol. The molecule has 0 aromatic heterocycles. The third kappa shape index (κ3) is 3.73. The van der Waals surface area contributed by atoms with Crippen molar-refractivity contribution in [1.29, 1.82) is 0 Å². The molecule has 0 saturated carbocycles. The summed E-state index contributed by atoms with van der Waals surface area (Å²) in [4.78, 5) is 4.42. The van der Waals surface area contributed by atoms with Crippen molar-refractivity contribution < 1.29 is 9.47 Å². The fraction of sp³-hybridized carbons (Fsp3) is 0.350. The lowest BCUT2D eigenvalue weighted by molar-refractivity contribution is 0.171. The lowest BCUT2D eigenvalue weighted by atomic mass is 10.1. The second-order valence-corrected chi connectivity index (χ2v) is 6.99. The summed E-state index contributed by atoms with van der Waals surface area (Å²) in [5.41, 5.74) is 10.9. The highest BCUT2D eigenvalue weighted by Crippen LogP contribution is 2.38.